The molecule has 0 saturated heterocycles. The van der Waals surface area contributed by atoms with Gasteiger partial charge in [-0.2, -0.15) is 0 Å². The fourth-order valence-corrected chi connectivity index (χ4v) is 7.42. The summed E-state index contributed by atoms with van der Waals surface area (Å²) in [5, 5.41) is 0.843. The van der Waals surface area contributed by atoms with Gasteiger partial charge in [0.05, 0.1) is 32.5 Å². The summed E-state index contributed by atoms with van der Waals surface area (Å²) in [7, 11) is 0. The van der Waals surface area contributed by atoms with Crippen LogP contribution in [0.4, 0.5) is 0 Å². The number of alkyl halides is 2. The second kappa shape index (κ2) is 4.54. The Morgan fingerprint density at radius 3 is 1.68 bits per heavy atom. The second-order valence-corrected chi connectivity index (χ2v) is 9.41. The lowest BCUT2D eigenvalue weighted by Gasteiger charge is -2.56. The van der Waals surface area contributed by atoms with Crippen LogP contribution in [0, 0.1) is 23.7 Å². The van der Waals surface area contributed by atoms with Crippen LogP contribution < -0.4 is 0 Å². The highest BCUT2D eigenvalue weighted by Gasteiger charge is 2.72. The van der Waals surface area contributed by atoms with Gasteiger partial charge in [0.2, 0.25) is 0 Å². The van der Waals surface area contributed by atoms with Crippen molar-refractivity contribution in [2.24, 2.45) is 23.7 Å². The SMILES string of the molecule is ClC1=C(Cl)[C@]2(Cl)c3nc4ccccc4nc3[C@]1(Cl)[C@@H]1[C@H]2[C@H]2C=C[C@@H]1C2. The minimum atomic E-state index is -0.948. The van der Waals surface area contributed by atoms with Gasteiger partial charge in [0.1, 0.15) is 9.75 Å². The molecule has 0 unspecified atom stereocenters. The van der Waals surface area contributed by atoms with Gasteiger partial charge in [-0.3, -0.25) is 0 Å². The maximum atomic E-state index is 7.26. The smallest absolute Gasteiger partial charge is 0.129 e. The number of fused-ring (bicyclic) bond motifs is 3. The number of allylic oxidation sites excluding steroid dienone is 4. The Bertz CT molecular complexity index is 953. The summed E-state index contributed by atoms with van der Waals surface area (Å²) in [5.74, 6) is 0.899. The maximum absolute atomic E-state index is 7.26. The molecule has 0 aliphatic heterocycles. The van der Waals surface area contributed by atoms with Gasteiger partial charge in [0, 0.05) is 11.8 Å². The van der Waals surface area contributed by atoms with Gasteiger partial charge in [-0.05, 0) is 30.4 Å². The number of hydrogen-bond acceptors (Lipinski definition) is 2. The molecule has 1 heterocycles. The Morgan fingerprint density at radius 2 is 1.24 bits per heavy atom. The van der Waals surface area contributed by atoms with Gasteiger partial charge in [-0.1, -0.05) is 47.5 Å². The number of halogens is 4. The molecule has 2 nitrogen and oxygen atoms in total. The first-order valence-corrected chi connectivity index (χ1v) is 9.88. The van der Waals surface area contributed by atoms with E-state index in [-0.39, 0.29) is 11.8 Å². The van der Waals surface area contributed by atoms with Crippen LogP contribution in [0.2, 0.25) is 0 Å². The Labute approximate surface area is 164 Å². The molecule has 0 amide bonds. The van der Waals surface area contributed by atoms with Crippen LogP contribution in [-0.4, -0.2) is 9.97 Å². The highest BCUT2D eigenvalue weighted by molar-refractivity contribution is 6.49. The van der Waals surface area contributed by atoms with Crippen LogP contribution in [0.1, 0.15) is 17.8 Å². The summed E-state index contributed by atoms with van der Waals surface area (Å²) in [6, 6.07) is 7.75. The lowest BCUT2D eigenvalue weighted by molar-refractivity contribution is 0.170. The molecule has 126 valence electrons. The Balaban J connectivity index is 1.76. The van der Waals surface area contributed by atoms with Gasteiger partial charge in [0.25, 0.3) is 0 Å². The normalized spacial score (nSPS) is 43.0. The van der Waals surface area contributed by atoms with Crippen molar-refractivity contribution in [1.29, 1.82) is 0 Å². The van der Waals surface area contributed by atoms with Gasteiger partial charge < -0.3 is 0 Å². The first-order chi connectivity index (χ1) is 12.0. The Kier molecular flexibility index (Phi) is 2.77. The number of nitrogens with zero attached hydrogens (tertiary/aromatic N) is 2. The van der Waals surface area contributed by atoms with E-state index < -0.39 is 9.75 Å². The molecule has 1 fully saturated rings. The largest absolute Gasteiger partial charge is 0.247 e. The van der Waals surface area contributed by atoms with E-state index in [2.05, 4.69) is 12.2 Å². The molecular weight excluding hydrogens is 398 g/mol. The third kappa shape index (κ3) is 1.51. The summed E-state index contributed by atoms with van der Waals surface area (Å²) in [5.41, 5.74) is 2.95. The quantitative estimate of drug-likeness (QED) is 0.414. The molecule has 1 aromatic heterocycles. The summed E-state index contributed by atoms with van der Waals surface area (Å²) < 4.78 is 0. The lowest BCUT2D eigenvalue weighted by atomic mass is 9.58. The Hall–Kier alpha value is -0.800. The predicted octanol–water partition coefficient (Wildman–Crippen LogP) is 5.65. The van der Waals surface area contributed by atoms with E-state index in [1.165, 1.54) is 0 Å². The standard InChI is InChI=1S/C19H12Cl4N2/c20-14-15(21)19(23)13-9-6-5-8(7-9)12(13)18(14,22)16-17(19)25-11-4-2-1-3-10(11)24-16/h1-6,8-9,12-13H,7H2/t8-,9+,12+,13-,18-,19-/m0/s1. The highest BCUT2D eigenvalue weighted by Crippen LogP contribution is 2.75. The zero-order chi connectivity index (χ0) is 17.1. The van der Waals surface area contributed by atoms with E-state index in [1.54, 1.807) is 0 Å². The van der Waals surface area contributed by atoms with E-state index in [4.69, 9.17) is 56.4 Å². The topological polar surface area (TPSA) is 25.8 Å². The van der Waals surface area contributed by atoms with E-state index in [1.807, 2.05) is 24.3 Å². The van der Waals surface area contributed by atoms with Crippen molar-refractivity contribution in [3.63, 3.8) is 0 Å². The van der Waals surface area contributed by atoms with Crippen LogP contribution in [0.25, 0.3) is 11.0 Å². The Morgan fingerprint density at radius 1 is 0.800 bits per heavy atom. The number of para-hydroxylation sites is 2. The van der Waals surface area contributed by atoms with Crippen molar-refractivity contribution in [2.75, 3.05) is 0 Å². The molecule has 0 spiro atoms. The number of rotatable bonds is 0. The minimum Gasteiger partial charge on any atom is -0.247 e. The van der Waals surface area contributed by atoms with E-state index in [0.717, 1.165) is 17.5 Å². The summed E-state index contributed by atoms with van der Waals surface area (Å²) in [6.07, 6.45) is 5.55. The van der Waals surface area contributed by atoms with Gasteiger partial charge >= 0.3 is 0 Å². The van der Waals surface area contributed by atoms with Crippen LogP contribution in [-0.2, 0) is 9.75 Å². The van der Waals surface area contributed by atoms with Crippen molar-refractivity contribution >= 4 is 57.4 Å². The summed E-state index contributed by atoms with van der Waals surface area (Å²) >= 11 is 28.0. The van der Waals surface area contributed by atoms with E-state index in [9.17, 15) is 0 Å². The van der Waals surface area contributed by atoms with Crippen LogP contribution in [0.5, 0.6) is 0 Å². The monoisotopic (exact) mass is 408 g/mol. The molecule has 6 atom stereocenters. The van der Waals surface area contributed by atoms with Gasteiger partial charge in [0.15, 0.2) is 0 Å². The molecule has 1 aromatic carbocycles. The zero-order valence-electron chi connectivity index (χ0n) is 12.9. The van der Waals surface area contributed by atoms with Gasteiger partial charge in [-0.25, -0.2) is 9.97 Å². The molecule has 6 heteroatoms. The zero-order valence-corrected chi connectivity index (χ0v) is 15.9. The van der Waals surface area contributed by atoms with Crippen molar-refractivity contribution < 1.29 is 0 Å². The van der Waals surface area contributed by atoms with Crippen LogP contribution >= 0.6 is 46.4 Å². The molecular formula is C19H12Cl4N2. The van der Waals surface area contributed by atoms with Crippen LogP contribution in [0.15, 0.2) is 46.5 Å². The number of benzene rings is 1. The molecule has 0 N–H and O–H groups in total. The van der Waals surface area contributed by atoms with Crippen molar-refractivity contribution in [3.8, 4) is 0 Å². The molecule has 5 aliphatic carbocycles. The summed E-state index contributed by atoms with van der Waals surface area (Å²) in [4.78, 5) is 7.83. The predicted molar refractivity (Wildman–Crippen MR) is 101 cm³/mol. The average molecular weight is 410 g/mol. The highest BCUT2D eigenvalue weighted by atomic mass is 35.5. The fraction of sp³-hybridized carbons (Fsp3) is 0.368. The minimum absolute atomic E-state index is 0.0969. The molecule has 0 radical (unpaired) electrons. The third-order valence-electron chi connectivity index (χ3n) is 6.47. The summed E-state index contributed by atoms with van der Waals surface area (Å²) in [6.45, 7) is 0. The maximum Gasteiger partial charge on any atom is 0.129 e. The molecule has 4 bridgehead atoms. The van der Waals surface area contributed by atoms with Crippen molar-refractivity contribution in [1.82, 2.24) is 9.97 Å². The number of hydrogen-bond donors (Lipinski definition) is 0. The van der Waals surface area contributed by atoms with E-state index >= 15 is 0 Å². The molecule has 7 rings (SSSR count). The third-order valence-corrected chi connectivity index (χ3v) is 8.97. The molecule has 5 aliphatic rings. The molecule has 1 saturated carbocycles. The van der Waals surface area contributed by atoms with Crippen LogP contribution in [0.3, 0.4) is 0 Å². The lowest BCUT2D eigenvalue weighted by Crippen LogP contribution is -2.56. The van der Waals surface area contributed by atoms with Gasteiger partial charge in [-0.15, -0.1) is 23.2 Å². The first-order valence-electron chi connectivity index (χ1n) is 8.37. The molecule has 25 heavy (non-hydrogen) atoms. The first kappa shape index (κ1) is 15.3. The second-order valence-electron chi connectivity index (χ2n) is 7.46. The number of aromatic nitrogens is 2. The van der Waals surface area contributed by atoms with Crippen molar-refractivity contribution in [2.45, 2.75) is 16.2 Å². The fourth-order valence-electron chi connectivity index (χ4n) is 5.55. The van der Waals surface area contributed by atoms with E-state index in [0.29, 0.717) is 33.3 Å². The average Bonchev–Trinajstić information content (AvgIpc) is 3.25. The van der Waals surface area contributed by atoms with Crippen molar-refractivity contribution in [3.05, 3.63) is 57.9 Å². The molecule has 2 aromatic rings.